The summed E-state index contributed by atoms with van der Waals surface area (Å²) in [5.41, 5.74) is 9.54. The normalized spacial score (nSPS) is 13.6. The molecule has 0 unspecified atom stereocenters. The van der Waals surface area contributed by atoms with E-state index in [1.54, 1.807) is 0 Å². The van der Waals surface area contributed by atoms with Crippen LogP contribution in [0.4, 0.5) is 0 Å². The minimum Gasteiger partial charge on any atom is -0.391 e. The maximum Gasteiger partial charge on any atom is 0.0773 e. The molecule has 2 aromatic rings. The standard InChI is InChI=1S/C18H23NO.ClH/c1-13(2)15-8-10-16(11-9-15)18(19)17(20)12-14-6-4-3-5-7-14;/h3-11,13,17-18,20H,12,19H2,1-2H3;1H/t17-,18+;/m1./s1. The van der Waals surface area contributed by atoms with E-state index >= 15 is 0 Å². The first-order chi connectivity index (χ1) is 9.58. The summed E-state index contributed by atoms with van der Waals surface area (Å²) in [6, 6.07) is 17.8. The van der Waals surface area contributed by atoms with Gasteiger partial charge in [-0.15, -0.1) is 12.4 Å². The van der Waals surface area contributed by atoms with Crippen LogP contribution < -0.4 is 5.73 Å². The zero-order valence-corrected chi connectivity index (χ0v) is 13.4. The fraction of sp³-hybridized carbons (Fsp3) is 0.333. The summed E-state index contributed by atoms with van der Waals surface area (Å²) in [6.07, 6.45) is 0.0100. The summed E-state index contributed by atoms with van der Waals surface area (Å²) in [5.74, 6) is 0.509. The third-order valence-corrected chi connectivity index (χ3v) is 3.69. The molecule has 0 aromatic heterocycles. The molecule has 0 bridgehead atoms. The molecular weight excluding hydrogens is 282 g/mol. The van der Waals surface area contributed by atoms with Crippen molar-refractivity contribution in [3.63, 3.8) is 0 Å². The Bertz CT molecular complexity index is 525. The molecule has 0 amide bonds. The minimum atomic E-state index is -0.567. The molecule has 0 saturated heterocycles. The molecule has 114 valence electrons. The summed E-state index contributed by atoms with van der Waals surface area (Å²) in [6.45, 7) is 4.33. The number of aliphatic hydroxyl groups excluding tert-OH is 1. The van der Waals surface area contributed by atoms with E-state index in [0.29, 0.717) is 12.3 Å². The van der Waals surface area contributed by atoms with E-state index in [1.807, 2.05) is 42.5 Å². The lowest BCUT2D eigenvalue weighted by Crippen LogP contribution is -2.28. The lowest BCUT2D eigenvalue weighted by molar-refractivity contribution is 0.145. The van der Waals surface area contributed by atoms with Crippen LogP contribution in [-0.4, -0.2) is 11.2 Å². The van der Waals surface area contributed by atoms with Gasteiger partial charge in [-0.3, -0.25) is 0 Å². The Kier molecular flexibility index (Phi) is 6.90. The van der Waals surface area contributed by atoms with Crippen molar-refractivity contribution in [2.75, 3.05) is 0 Å². The van der Waals surface area contributed by atoms with Crippen molar-refractivity contribution in [1.82, 2.24) is 0 Å². The maximum absolute atomic E-state index is 10.3. The molecular formula is C18H24ClNO. The Balaban J connectivity index is 0.00000220. The van der Waals surface area contributed by atoms with Crippen molar-refractivity contribution in [2.45, 2.75) is 38.3 Å². The molecule has 0 aliphatic heterocycles. The maximum atomic E-state index is 10.3. The van der Waals surface area contributed by atoms with Crippen LogP contribution in [0.1, 0.15) is 42.5 Å². The summed E-state index contributed by atoms with van der Waals surface area (Å²) in [7, 11) is 0. The highest BCUT2D eigenvalue weighted by Gasteiger charge is 2.17. The largest absolute Gasteiger partial charge is 0.391 e. The number of benzene rings is 2. The minimum absolute atomic E-state index is 0. The van der Waals surface area contributed by atoms with Crippen LogP contribution in [0.5, 0.6) is 0 Å². The van der Waals surface area contributed by atoms with Gasteiger partial charge in [-0.2, -0.15) is 0 Å². The molecule has 0 spiro atoms. The van der Waals surface area contributed by atoms with Gasteiger partial charge in [-0.05, 0) is 22.6 Å². The van der Waals surface area contributed by atoms with Crippen molar-refractivity contribution in [1.29, 1.82) is 0 Å². The van der Waals surface area contributed by atoms with E-state index in [0.717, 1.165) is 11.1 Å². The third kappa shape index (κ3) is 4.85. The van der Waals surface area contributed by atoms with Crippen LogP contribution in [0.25, 0.3) is 0 Å². The van der Waals surface area contributed by atoms with E-state index in [2.05, 4.69) is 26.0 Å². The number of halogens is 1. The molecule has 0 aliphatic rings. The fourth-order valence-electron chi connectivity index (χ4n) is 2.31. The Labute approximate surface area is 133 Å². The van der Waals surface area contributed by atoms with Crippen LogP contribution in [-0.2, 0) is 6.42 Å². The summed E-state index contributed by atoms with van der Waals surface area (Å²) < 4.78 is 0. The van der Waals surface area contributed by atoms with Crippen molar-refractivity contribution < 1.29 is 5.11 Å². The van der Waals surface area contributed by atoms with E-state index in [9.17, 15) is 5.11 Å². The average Bonchev–Trinajstić information content (AvgIpc) is 2.47. The van der Waals surface area contributed by atoms with E-state index in [4.69, 9.17) is 5.73 Å². The topological polar surface area (TPSA) is 46.2 Å². The van der Waals surface area contributed by atoms with Gasteiger partial charge in [0.2, 0.25) is 0 Å². The molecule has 0 aliphatic carbocycles. The number of aliphatic hydroxyl groups is 1. The quantitative estimate of drug-likeness (QED) is 0.881. The van der Waals surface area contributed by atoms with Gasteiger partial charge in [0.1, 0.15) is 0 Å². The predicted octanol–water partition coefficient (Wildman–Crippen LogP) is 3.84. The average molecular weight is 306 g/mol. The van der Waals surface area contributed by atoms with Gasteiger partial charge in [-0.1, -0.05) is 68.4 Å². The Morgan fingerprint density at radius 1 is 0.905 bits per heavy atom. The highest BCUT2D eigenvalue weighted by molar-refractivity contribution is 5.85. The smallest absolute Gasteiger partial charge is 0.0773 e. The molecule has 0 saturated carbocycles. The molecule has 0 fully saturated rings. The SMILES string of the molecule is CC(C)c1ccc([C@H](N)[C@H](O)Cc2ccccc2)cc1.Cl. The van der Waals surface area contributed by atoms with Gasteiger partial charge in [0.05, 0.1) is 12.1 Å². The van der Waals surface area contributed by atoms with Crippen LogP contribution in [0.2, 0.25) is 0 Å². The molecule has 2 nitrogen and oxygen atoms in total. The second-order valence-electron chi connectivity index (χ2n) is 5.60. The lowest BCUT2D eigenvalue weighted by Gasteiger charge is -2.20. The van der Waals surface area contributed by atoms with Crippen LogP contribution >= 0.6 is 12.4 Å². The van der Waals surface area contributed by atoms with Gasteiger partial charge >= 0.3 is 0 Å². The predicted molar refractivity (Wildman–Crippen MR) is 90.9 cm³/mol. The van der Waals surface area contributed by atoms with Crippen molar-refractivity contribution in [2.24, 2.45) is 5.73 Å². The number of rotatable bonds is 5. The molecule has 2 rings (SSSR count). The Morgan fingerprint density at radius 3 is 1.95 bits per heavy atom. The first-order valence-electron chi connectivity index (χ1n) is 7.15. The summed E-state index contributed by atoms with van der Waals surface area (Å²) >= 11 is 0. The zero-order valence-electron chi connectivity index (χ0n) is 12.6. The molecule has 2 atom stereocenters. The molecule has 3 heteroatoms. The monoisotopic (exact) mass is 305 g/mol. The number of nitrogens with two attached hydrogens (primary N) is 1. The van der Waals surface area contributed by atoms with Gasteiger partial charge < -0.3 is 10.8 Å². The molecule has 2 aromatic carbocycles. The zero-order chi connectivity index (χ0) is 14.5. The van der Waals surface area contributed by atoms with Crippen molar-refractivity contribution in [3.05, 3.63) is 71.3 Å². The highest BCUT2D eigenvalue weighted by Crippen LogP contribution is 2.21. The lowest BCUT2D eigenvalue weighted by atomic mass is 9.94. The van der Waals surface area contributed by atoms with Gasteiger partial charge in [-0.25, -0.2) is 0 Å². The van der Waals surface area contributed by atoms with E-state index in [-0.39, 0.29) is 18.4 Å². The molecule has 21 heavy (non-hydrogen) atoms. The Morgan fingerprint density at radius 2 is 1.43 bits per heavy atom. The van der Waals surface area contributed by atoms with Gasteiger partial charge in [0.25, 0.3) is 0 Å². The van der Waals surface area contributed by atoms with Crippen LogP contribution in [0, 0.1) is 0 Å². The molecule has 0 heterocycles. The first-order valence-corrected chi connectivity index (χ1v) is 7.15. The van der Waals surface area contributed by atoms with E-state index < -0.39 is 6.10 Å². The second kappa shape index (κ2) is 8.18. The summed E-state index contributed by atoms with van der Waals surface area (Å²) in [4.78, 5) is 0. The van der Waals surface area contributed by atoms with Gasteiger partial charge in [0, 0.05) is 6.42 Å². The van der Waals surface area contributed by atoms with Crippen molar-refractivity contribution >= 4 is 12.4 Å². The second-order valence-corrected chi connectivity index (χ2v) is 5.60. The number of hydrogen-bond donors (Lipinski definition) is 2. The van der Waals surface area contributed by atoms with Crippen molar-refractivity contribution in [3.8, 4) is 0 Å². The van der Waals surface area contributed by atoms with E-state index in [1.165, 1.54) is 5.56 Å². The fourth-order valence-corrected chi connectivity index (χ4v) is 2.31. The third-order valence-electron chi connectivity index (χ3n) is 3.69. The summed E-state index contributed by atoms with van der Waals surface area (Å²) in [5, 5.41) is 10.3. The molecule has 3 N–H and O–H groups in total. The van der Waals surface area contributed by atoms with Gasteiger partial charge in [0.15, 0.2) is 0 Å². The van der Waals surface area contributed by atoms with Crippen LogP contribution in [0.3, 0.4) is 0 Å². The molecule has 0 radical (unpaired) electrons. The number of hydrogen-bond acceptors (Lipinski definition) is 2. The highest BCUT2D eigenvalue weighted by atomic mass is 35.5. The first kappa shape index (κ1) is 17.7. The van der Waals surface area contributed by atoms with Crippen LogP contribution in [0.15, 0.2) is 54.6 Å². The Hall–Kier alpha value is -1.35.